The first-order valence-electron chi connectivity index (χ1n) is 8.04. The monoisotopic (exact) mass is 371 g/mol. The number of hydrogen-bond acceptors (Lipinski definition) is 3. The van der Waals surface area contributed by atoms with Gasteiger partial charge in [0, 0.05) is 23.4 Å². The molecule has 3 aromatic rings. The average Bonchev–Trinajstić information content (AvgIpc) is 2.63. The van der Waals surface area contributed by atoms with E-state index in [9.17, 15) is 9.18 Å². The fraction of sp³-hybridized carbons (Fsp3) is 0.150. The summed E-state index contributed by atoms with van der Waals surface area (Å²) in [5, 5.41) is -0.0608. The third-order valence-corrected chi connectivity index (χ3v) is 4.05. The molecule has 2 heterocycles. The summed E-state index contributed by atoms with van der Waals surface area (Å²) in [5.41, 5.74) is 2.16. The molecule has 2 aromatic heterocycles. The predicted molar refractivity (Wildman–Crippen MR) is 95.7 cm³/mol. The molecule has 0 saturated carbocycles. The van der Waals surface area contributed by atoms with Crippen LogP contribution in [-0.4, -0.2) is 10.8 Å². The van der Waals surface area contributed by atoms with Crippen LogP contribution in [0.15, 0.2) is 60.9 Å². The van der Waals surface area contributed by atoms with Gasteiger partial charge in [-0.1, -0.05) is 17.7 Å². The Kier molecular flexibility index (Phi) is 5.58. The number of rotatable bonds is 6. The zero-order chi connectivity index (χ0) is 18.5. The van der Waals surface area contributed by atoms with Gasteiger partial charge in [0.05, 0.1) is 10.7 Å². The van der Waals surface area contributed by atoms with E-state index in [4.69, 9.17) is 16.3 Å². The lowest BCUT2D eigenvalue weighted by Crippen LogP contribution is -2.37. The van der Waals surface area contributed by atoms with E-state index in [-0.39, 0.29) is 17.4 Å². The zero-order valence-electron chi connectivity index (χ0n) is 14.2. The summed E-state index contributed by atoms with van der Waals surface area (Å²) in [6, 6.07) is 13.3. The summed E-state index contributed by atoms with van der Waals surface area (Å²) >= 11 is 5.72. The van der Waals surface area contributed by atoms with Gasteiger partial charge in [-0.15, -0.1) is 0 Å². The number of benzene rings is 1. The number of ether oxygens (including phenoxy) is 1. The molecule has 0 saturated heterocycles. The molecule has 0 N–H and O–H groups in total. The van der Waals surface area contributed by atoms with Crippen molar-refractivity contribution in [1.29, 1.82) is 0 Å². The number of carbonyl (C=O) groups excluding carboxylic acids is 1. The number of pyridine rings is 2. The number of carbonyl (C=O) groups is 1. The van der Waals surface area contributed by atoms with E-state index < -0.39 is 5.82 Å². The van der Waals surface area contributed by atoms with E-state index >= 15 is 0 Å². The lowest BCUT2D eigenvalue weighted by molar-refractivity contribution is -0.683. The molecular weight excluding hydrogens is 355 g/mol. The van der Waals surface area contributed by atoms with Gasteiger partial charge in [0.15, 0.2) is 12.4 Å². The van der Waals surface area contributed by atoms with Crippen molar-refractivity contribution in [3.63, 3.8) is 0 Å². The molecule has 3 rings (SSSR count). The van der Waals surface area contributed by atoms with Gasteiger partial charge in [-0.05, 0) is 37.3 Å². The maximum Gasteiger partial charge on any atom is 0.227 e. The van der Waals surface area contributed by atoms with E-state index in [0.29, 0.717) is 17.9 Å². The third-order valence-electron chi connectivity index (χ3n) is 3.76. The highest BCUT2D eigenvalue weighted by molar-refractivity contribution is 6.31. The zero-order valence-corrected chi connectivity index (χ0v) is 14.9. The first kappa shape index (κ1) is 18.0. The van der Waals surface area contributed by atoms with Gasteiger partial charge >= 0.3 is 0 Å². The number of ketones is 1. The SMILES string of the molecule is Cc1cccc(COc2cc[n+](CC(=O)c3ccc(F)c(Cl)c3)cc2)n1. The number of Topliss-reactive ketones (excluding diaryl/α,β-unsaturated/α-hetero) is 1. The number of hydrogen-bond donors (Lipinski definition) is 0. The molecule has 0 amide bonds. The van der Waals surface area contributed by atoms with Crippen LogP contribution in [0.4, 0.5) is 4.39 Å². The summed E-state index contributed by atoms with van der Waals surface area (Å²) in [5.74, 6) is -0.0168. The molecule has 6 heteroatoms. The first-order chi connectivity index (χ1) is 12.5. The molecule has 0 aliphatic rings. The number of nitrogens with zero attached hydrogens (tertiary/aromatic N) is 2. The number of halogens is 2. The Morgan fingerprint density at radius 3 is 2.65 bits per heavy atom. The average molecular weight is 372 g/mol. The van der Waals surface area contributed by atoms with Crippen LogP contribution in [0.3, 0.4) is 0 Å². The third kappa shape index (κ3) is 4.64. The first-order valence-corrected chi connectivity index (χ1v) is 8.42. The highest BCUT2D eigenvalue weighted by atomic mass is 35.5. The van der Waals surface area contributed by atoms with Gasteiger partial charge in [-0.25, -0.2) is 4.39 Å². The Bertz CT molecular complexity index is 929. The van der Waals surface area contributed by atoms with Gasteiger partial charge in [0.1, 0.15) is 18.2 Å². The van der Waals surface area contributed by atoms with Crippen LogP contribution in [0.25, 0.3) is 0 Å². The lowest BCUT2D eigenvalue weighted by Gasteiger charge is -2.05. The fourth-order valence-electron chi connectivity index (χ4n) is 2.41. The molecule has 0 bridgehead atoms. The standard InChI is InChI=1S/C20H17ClFN2O2/c1-14-3-2-4-16(23-14)13-26-17-7-9-24(10-8-17)12-20(25)15-5-6-19(22)18(21)11-15/h2-11H,12-13H2,1H3/q+1. The van der Waals surface area contributed by atoms with Crippen molar-refractivity contribution in [2.45, 2.75) is 20.1 Å². The Hall–Kier alpha value is -2.79. The molecule has 0 aliphatic carbocycles. The van der Waals surface area contributed by atoms with E-state index in [0.717, 1.165) is 11.4 Å². The quantitative estimate of drug-likeness (QED) is 0.487. The summed E-state index contributed by atoms with van der Waals surface area (Å²) in [6.45, 7) is 2.43. The Morgan fingerprint density at radius 2 is 1.96 bits per heavy atom. The highest BCUT2D eigenvalue weighted by Crippen LogP contribution is 2.16. The normalized spacial score (nSPS) is 10.6. The number of aromatic nitrogens is 2. The lowest BCUT2D eigenvalue weighted by atomic mass is 10.1. The second-order valence-corrected chi connectivity index (χ2v) is 6.22. The van der Waals surface area contributed by atoms with Gasteiger partial charge in [-0.2, -0.15) is 4.57 Å². The molecule has 132 valence electrons. The van der Waals surface area contributed by atoms with Gasteiger partial charge < -0.3 is 4.74 Å². The number of aryl methyl sites for hydroxylation is 1. The van der Waals surface area contributed by atoms with Crippen molar-refractivity contribution in [2.75, 3.05) is 0 Å². The van der Waals surface area contributed by atoms with Crippen molar-refractivity contribution >= 4 is 17.4 Å². The van der Waals surface area contributed by atoms with Gasteiger partial charge in [0.25, 0.3) is 0 Å². The largest absolute Gasteiger partial charge is 0.487 e. The van der Waals surface area contributed by atoms with Gasteiger partial charge in [-0.3, -0.25) is 9.78 Å². The Morgan fingerprint density at radius 1 is 1.19 bits per heavy atom. The minimum atomic E-state index is -0.541. The van der Waals surface area contributed by atoms with Crippen molar-refractivity contribution in [1.82, 2.24) is 4.98 Å². The summed E-state index contributed by atoms with van der Waals surface area (Å²) < 4.78 is 20.6. The van der Waals surface area contributed by atoms with E-state index in [1.54, 1.807) is 29.1 Å². The summed E-state index contributed by atoms with van der Waals surface area (Å²) in [6.07, 6.45) is 3.50. The second-order valence-electron chi connectivity index (χ2n) is 5.82. The molecule has 4 nitrogen and oxygen atoms in total. The van der Waals surface area contributed by atoms with Crippen molar-refractivity contribution in [3.05, 3.63) is 88.7 Å². The molecule has 0 unspecified atom stereocenters. The Balaban J connectivity index is 1.60. The van der Waals surface area contributed by atoms with Crippen LogP contribution in [0.1, 0.15) is 21.7 Å². The van der Waals surface area contributed by atoms with E-state index in [1.807, 2.05) is 25.1 Å². The predicted octanol–water partition coefficient (Wildman–Crippen LogP) is 3.93. The topological polar surface area (TPSA) is 43.1 Å². The molecule has 26 heavy (non-hydrogen) atoms. The molecule has 0 radical (unpaired) electrons. The van der Waals surface area contributed by atoms with Crippen LogP contribution >= 0.6 is 11.6 Å². The van der Waals surface area contributed by atoms with E-state index in [2.05, 4.69) is 4.98 Å². The molecule has 0 spiro atoms. The summed E-state index contributed by atoms with van der Waals surface area (Å²) in [7, 11) is 0. The molecular formula is C20H17ClFN2O2+. The van der Waals surface area contributed by atoms with Crippen LogP contribution in [0, 0.1) is 12.7 Å². The minimum Gasteiger partial charge on any atom is -0.487 e. The van der Waals surface area contributed by atoms with Crippen molar-refractivity contribution < 1.29 is 18.5 Å². The van der Waals surface area contributed by atoms with Crippen molar-refractivity contribution in [3.8, 4) is 5.75 Å². The maximum atomic E-state index is 13.2. The van der Waals surface area contributed by atoms with Gasteiger partial charge in [0.2, 0.25) is 12.3 Å². The minimum absolute atomic E-state index is 0.0608. The second kappa shape index (κ2) is 8.06. The maximum absolute atomic E-state index is 13.2. The summed E-state index contributed by atoms with van der Waals surface area (Å²) in [4.78, 5) is 16.6. The molecule has 0 atom stereocenters. The van der Waals surface area contributed by atoms with Crippen LogP contribution in [-0.2, 0) is 13.2 Å². The van der Waals surface area contributed by atoms with Crippen LogP contribution < -0.4 is 9.30 Å². The molecule has 0 fully saturated rings. The van der Waals surface area contributed by atoms with Crippen molar-refractivity contribution in [2.24, 2.45) is 0 Å². The Labute approximate surface area is 155 Å². The smallest absolute Gasteiger partial charge is 0.227 e. The van der Waals surface area contributed by atoms with E-state index in [1.165, 1.54) is 18.2 Å². The fourth-order valence-corrected chi connectivity index (χ4v) is 2.59. The molecule has 0 aliphatic heterocycles. The highest BCUT2D eigenvalue weighted by Gasteiger charge is 2.14. The molecule has 1 aromatic carbocycles. The van der Waals surface area contributed by atoms with Crippen LogP contribution in [0.2, 0.25) is 5.02 Å². The van der Waals surface area contributed by atoms with Crippen LogP contribution in [0.5, 0.6) is 5.75 Å².